The third-order valence-electron chi connectivity index (χ3n) is 3.39. The van der Waals surface area contributed by atoms with Gasteiger partial charge in [0.05, 0.1) is 11.3 Å². The van der Waals surface area contributed by atoms with E-state index in [-0.39, 0.29) is 0 Å². The van der Waals surface area contributed by atoms with Crippen molar-refractivity contribution in [3.8, 4) is 0 Å². The van der Waals surface area contributed by atoms with Crippen LogP contribution in [0.1, 0.15) is 23.4 Å². The molecule has 0 fully saturated rings. The van der Waals surface area contributed by atoms with Gasteiger partial charge in [-0.2, -0.15) is 5.10 Å². The average molecular weight is 279 g/mol. The van der Waals surface area contributed by atoms with E-state index in [9.17, 15) is 5.11 Å². The molecular weight excluding hydrogens is 260 g/mol. The van der Waals surface area contributed by atoms with E-state index in [1.54, 1.807) is 0 Å². The average Bonchev–Trinajstić information content (AvgIpc) is 2.69. The van der Waals surface area contributed by atoms with E-state index in [0.29, 0.717) is 18.7 Å². The highest BCUT2D eigenvalue weighted by molar-refractivity contribution is 6.17. The van der Waals surface area contributed by atoms with Crippen molar-refractivity contribution in [3.63, 3.8) is 0 Å². The monoisotopic (exact) mass is 278 g/mol. The zero-order valence-corrected chi connectivity index (χ0v) is 12.1. The molecule has 2 rings (SSSR count). The number of hydrogen-bond acceptors (Lipinski definition) is 2. The van der Waals surface area contributed by atoms with Gasteiger partial charge in [0.2, 0.25) is 0 Å². The topological polar surface area (TPSA) is 38.0 Å². The summed E-state index contributed by atoms with van der Waals surface area (Å²) in [5, 5.41) is 15.3. The van der Waals surface area contributed by atoms with Crippen molar-refractivity contribution in [3.05, 3.63) is 53.3 Å². The summed E-state index contributed by atoms with van der Waals surface area (Å²) in [6, 6.07) is 11.7. The molecule has 0 saturated carbocycles. The Morgan fingerprint density at radius 3 is 2.53 bits per heavy atom. The minimum atomic E-state index is -0.941. The molecule has 0 saturated heterocycles. The standard InChI is InChI=1S/C15H19ClN2O/c1-12-10-14(18(2)17-12)11-15(19,8-9-16)13-6-4-3-5-7-13/h3-7,10,19H,8-9,11H2,1-2H3. The van der Waals surface area contributed by atoms with Gasteiger partial charge >= 0.3 is 0 Å². The van der Waals surface area contributed by atoms with Crippen molar-refractivity contribution >= 4 is 11.6 Å². The van der Waals surface area contributed by atoms with Gasteiger partial charge in [-0.05, 0) is 25.0 Å². The van der Waals surface area contributed by atoms with Crippen molar-refractivity contribution < 1.29 is 5.11 Å². The molecule has 1 unspecified atom stereocenters. The smallest absolute Gasteiger partial charge is 0.0963 e. The first-order chi connectivity index (χ1) is 9.05. The maximum absolute atomic E-state index is 10.9. The van der Waals surface area contributed by atoms with E-state index in [0.717, 1.165) is 17.0 Å². The summed E-state index contributed by atoms with van der Waals surface area (Å²) in [7, 11) is 1.90. The van der Waals surface area contributed by atoms with Gasteiger partial charge in [0.25, 0.3) is 0 Å². The lowest BCUT2D eigenvalue weighted by molar-refractivity contribution is 0.0318. The fourth-order valence-electron chi connectivity index (χ4n) is 2.37. The highest BCUT2D eigenvalue weighted by Gasteiger charge is 2.30. The molecule has 4 heteroatoms. The highest BCUT2D eigenvalue weighted by Crippen LogP contribution is 2.29. The first-order valence-electron chi connectivity index (χ1n) is 6.38. The Morgan fingerprint density at radius 1 is 1.32 bits per heavy atom. The lowest BCUT2D eigenvalue weighted by Gasteiger charge is -2.28. The van der Waals surface area contributed by atoms with Crippen LogP contribution in [0.4, 0.5) is 0 Å². The van der Waals surface area contributed by atoms with Gasteiger partial charge in [0, 0.05) is 25.0 Å². The van der Waals surface area contributed by atoms with Crippen LogP contribution in [0.3, 0.4) is 0 Å². The van der Waals surface area contributed by atoms with Crippen LogP contribution in [-0.2, 0) is 19.1 Å². The van der Waals surface area contributed by atoms with Gasteiger partial charge in [-0.15, -0.1) is 11.6 Å². The molecule has 0 amide bonds. The van der Waals surface area contributed by atoms with E-state index in [4.69, 9.17) is 11.6 Å². The normalized spacial score (nSPS) is 14.3. The quantitative estimate of drug-likeness (QED) is 0.854. The Morgan fingerprint density at radius 2 is 2.00 bits per heavy atom. The SMILES string of the molecule is Cc1cc(CC(O)(CCCl)c2ccccc2)n(C)n1. The molecule has 1 heterocycles. The Bertz CT molecular complexity index is 538. The van der Waals surface area contributed by atoms with E-state index in [2.05, 4.69) is 5.10 Å². The number of benzene rings is 1. The third kappa shape index (κ3) is 3.17. The second-order valence-corrected chi connectivity index (χ2v) is 5.29. The van der Waals surface area contributed by atoms with Gasteiger partial charge in [0.1, 0.15) is 0 Å². The van der Waals surface area contributed by atoms with Crippen LogP contribution >= 0.6 is 11.6 Å². The molecule has 19 heavy (non-hydrogen) atoms. The molecule has 0 aliphatic rings. The number of rotatable bonds is 5. The van der Waals surface area contributed by atoms with Crippen LogP contribution in [0.2, 0.25) is 0 Å². The molecule has 1 N–H and O–H groups in total. The minimum absolute atomic E-state index is 0.419. The number of hydrogen-bond donors (Lipinski definition) is 1. The largest absolute Gasteiger partial charge is 0.385 e. The molecule has 2 aromatic rings. The Kier molecular flexibility index (Phi) is 4.27. The second kappa shape index (κ2) is 5.76. The van der Waals surface area contributed by atoms with E-state index >= 15 is 0 Å². The Balaban J connectivity index is 2.32. The molecule has 1 aromatic heterocycles. The fraction of sp³-hybridized carbons (Fsp3) is 0.400. The minimum Gasteiger partial charge on any atom is -0.385 e. The van der Waals surface area contributed by atoms with Crippen LogP contribution in [0, 0.1) is 6.92 Å². The van der Waals surface area contributed by atoms with Crippen molar-refractivity contribution in [1.82, 2.24) is 9.78 Å². The molecule has 102 valence electrons. The van der Waals surface area contributed by atoms with Gasteiger partial charge in [0.15, 0.2) is 0 Å². The first kappa shape index (κ1) is 14.1. The van der Waals surface area contributed by atoms with Gasteiger partial charge < -0.3 is 5.11 Å². The molecule has 1 aromatic carbocycles. The maximum atomic E-state index is 10.9. The van der Waals surface area contributed by atoms with E-state index in [1.807, 2.05) is 55.1 Å². The molecule has 0 radical (unpaired) electrons. The molecular formula is C15H19ClN2O. The van der Waals surface area contributed by atoms with E-state index in [1.165, 1.54) is 0 Å². The second-order valence-electron chi connectivity index (χ2n) is 4.91. The number of nitrogens with zero attached hydrogens (tertiary/aromatic N) is 2. The van der Waals surface area contributed by atoms with Crippen molar-refractivity contribution in [2.45, 2.75) is 25.4 Å². The highest BCUT2D eigenvalue weighted by atomic mass is 35.5. The number of aromatic nitrogens is 2. The van der Waals surface area contributed by atoms with Crippen molar-refractivity contribution in [2.75, 3.05) is 5.88 Å². The van der Waals surface area contributed by atoms with Crippen molar-refractivity contribution in [2.24, 2.45) is 7.05 Å². The fourth-order valence-corrected chi connectivity index (χ4v) is 2.68. The molecule has 3 nitrogen and oxygen atoms in total. The Labute approximate surface area is 118 Å². The van der Waals surface area contributed by atoms with Crippen LogP contribution in [0.15, 0.2) is 36.4 Å². The molecule has 0 aliphatic heterocycles. The number of aryl methyl sites for hydroxylation is 2. The summed E-state index contributed by atoms with van der Waals surface area (Å²) in [5.74, 6) is 0.419. The van der Waals surface area contributed by atoms with Crippen LogP contribution in [0.25, 0.3) is 0 Å². The molecule has 0 aliphatic carbocycles. The third-order valence-corrected chi connectivity index (χ3v) is 3.58. The van der Waals surface area contributed by atoms with Gasteiger partial charge in [-0.25, -0.2) is 0 Å². The molecule has 0 bridgehead atoms. The maximum Gasteiger partial charge on any atom is 0.0963 e. The van der Waals surface area contributed by atoms with Crippen molar-refractivity contribution in [1.29, 1.82) is 0 Å². The predicted octanol–water partition coefficient (Wildman–Crippen LogP) is 2.79. The predicted molar refractivity (Wildman–Crippen MR) is 77.3 cm³/mol. The lowest BCUT2D eigenvalue weighted by atomic mass is 9.86. The molecule has 0 spiro atoms. The number of alkyl halides is 1. The summed E-state index contributed by atoms with van der Waals surface area (Å²) < 4.78 is 1.82. The van der Waals surface area contributed by atoms with Gasteiger partial charge in [-0.3, -0.25) is 4.68 Å². The van der Waals surface area contributed by atoms with Gasteiger partial charge in [-0.1, -0.05) is 30.3 Å². The zero-order valence-electron chi connectivity index (χ0n) is 11.3. The van der Waals surface area contributed by atoms with Crippen LogP contribution in [-0.4, -0.2) is 20.8 Å². The number of halogens is 1. The van der Waals surface area contributed by atoms with E-state index < -0.39 is 5.60 Å². The zero-order chi connectivity index (χ0) is 13.9. The summed E-state index contributed by atoms with van der Waals surface area (Å²) >= 11 is 5.86. The summed E-state index contributed by atoms with van der Waals surface area (Å²) in [6.07, 6.45) is 1.03. The lowest BCUT2D eigenvalue weighted by Crippen LogP contribution is -2.30. The van der Waals surface area contributed by atoms with Crippen LogP contribution < -0.4 is 0 Å². The first-order valence-corrected chi connectivity index (χ1v) is 6.92. The summed E-state index contributed by atoms with van der Waals surface area (Å²) in [6.45, 7) is 1.95. The summed E-state index contributed by atoms with van der Waals surface area (Å²) in [4.78, 5) is 0. The number of aliphatic hydroxyl groups is 1. The molecule has 1 atom stereocenters. The van der Waals surface area contributed by atoms with Crippen LogP contribution in [0.5, 0.6) is 0 Å². The summed E-state index contributed by atoms with van der Waals surface area (Å²) in [5.41, 5.74) is 1.92. The Hall–Kier alpha value is -1.32.